The van der Waals surface area contributed by atoms with Crippen molar-refractivity contribution in [1.29, 1.82) is 0 Å². The van der Waals surface area contributed by atoms with Crippen LogP contribution in [-0.2, 0) is 14.8 Å². The van der Waals surface area contributed by atoms with Gasteiger partial charge in [0.25, 0.3) is 5.69 Å². The van der Waals surface area contributed by atoms with Crippen molar-refractivity contribution in [3.63, 3.8) is 0 Å². The lowest BCUT2D eigenvalue weighted by Gasteiger charge is -2.15. The Balaban J connectivity index is 3.29. The molecule has 0 saturated heterocycles. The Morgan fingerprint density at radius 1 is 1.48 bits per heavy atom. The molecule has 1 aromatic carbocycles. The van der Waals surface area contributed by atoms with Crippen LogP contribution in [0, 0.1) is 17.0 Å². The standard InChI is InChI=1S/C11H18N4O5S/c1-7-4-9(13-12)10(15(16)17)5-11(7)21(18,19)14-8(2)6-20-3/h4-5,8,13-14H,6,12H2,1-3H3. The minimum Gasteiger partial charge on any atom is -0.383 e. The van der Waals surface area contributed by atoms with Crippen LogP contribution in [0.5, 0.6) is 0 Å². The molecule has 0 fully saturated rings. The molecule has 0 aliphatic rings. The summed E-state index contributed by atoms with van der Waals surface area (Å²) in [7, 11) is -2.45. The van der Waals surface area contributed by atoms with Gasteiger partial charge in [0.15, 0.2) is 0 Å². The lowest BCUT2D eigenvalue weighted by molar-refractivity contribution is -0.384. The van der Waals surface area contributed by atoms with E-state index < -0.39 is 26.7 Å². The van der Waals surface area contributed by atoms with Crippen LogP contribution >= 0.6 is 0 Å². The van der Waals surface area contributed by atoms with Gasteiger partial charge >= 0.3 is 0 Å². The number of sulfonamides is 1. The zero-order chi connectivity index (χ0) is 16.2. The first-order chi connectivity index (χ1) is 9.72. The molecule has 0 aliphatic heterocycles. The van der Waals surface area contributed by atoms with E-state index in [0.29, 0.717) is 5.56 Å². The number of nitrogens with one attached hydrogen (secondary N) is 2. The van der Waals surface area contributed by atoms with Crippen LogP contribution in [0.2, 0.25) is 0 Å². The lowest BCUT2D eigenvalue weighted by Crippen LogP contribution is -2.36. The van der Waals surface area contributed by atoms with Crippen LogP contribution in [0.4, 0.5) is 11.4 Å². The van der Waals surface area contributed by atoms with Crippen molar-refractivity contribution in [2.45, 2.75) is 24.8 Å². The monoisotopic (exact) mass is 318 g/mol. The van der Waals surface area contributed by atoms with Crippen molar-refractivity contribution in [3.8, 4) is 0 Å². The number of nitrogen functional groups attached to an aromatic ring is 1. The lowest BCUT2D eigenvalue weighted by atomic mass is 10.2. The third-order valence-electron chi connectivity index (χ3n) is 2.71. The number of ether oxygens (including phenoxy) is 1. The van der Waals surface area contributed by atoms with Gasteiger partial charge in [0.2, 0.25) is 10.0 Å². The molecule has 0 aliphatic carbocycles. The summed E-state index contributed by atoms with van der Waals surface area (Å²) in [6, 6.07) is 1.82. The van der Waals surface area contributed by atoms with Gasteiger partial charge in [-0.2, -0.15) is 0 Å². The Kier molecular flexibility index (Phi) is 5.61. The van der Waals surface area contributed by atoms with Crippen LogP contribution in [0.3, 0.4) is 0 Å². The number of hydrogen-bond donors (Lipinski definition) is 3. The molecule has 1 aromatic rings. The van der Waals surface area contributed by atoms with E-state index in [0.717, 1.165) is 6.07 Å². The van der Waals surface area contributed by atoms with E-state index in [-0.39, 0.29) is 17.2 Å². The van der Waals surface area contributed by atoms with Gasteiger partial charge in [0.05, 0.1) is 16.4 Å². The van der Waals surface area contributed by atoms with Crippen molar-refractivity contribution in [3.05, 3.63) is 27.8 Å². The fourth-order valence-electron chi connectivity index (χ4n) is 1.85. The van der Waals surface area contributed by atoms with Crippen molar-refractivity contribution in [1.82, 2.24) is 4.72 Å². The van der Waals surface area contributed by atoms with Gasteiger partial charge in [0.1, 0.15) is 5.69 Å². The Bertz CT molecular complexity index is 632. The molecule has 9 nitrogen and oxygen atoms in total. The van der Waals surface area contributed by atoms with Gasteiger partial charge in [-0.1, -0.05) is 0 Å². The van der Waals surface area contributed by atoms with E-state index in [2.05, 4.69) is 10.1 Å². The predicted octanol–water partition coefficient (Wildman–Crippen LogP) is 0.502. The summed E-state index contributed by atoms with van der Waals surface area (Å²) in [6.45, 7) is 3.34. The van der Waals surface area contributed by atoms with Gasteiger partial charge in [-0.15, -0.1) is 0 Å². The third-order valence-corrected chi connectivity index (χ3v) is 4.44. The predicted molar refractivity (Wildman–Crippen MR) is 77.3 cm³/mol. The number of nitrogens with two attached hydrogens (primary N) is 1. The number of rotatable bonds is 7. The highest BCUT2D eigenvalue weighted by atomic mass is 32.2. The molecule has 0 radical (unpaired) electrons. The summed E-state index contributed by atoms with van der Waals surface area (Å²) in [5.74, 6) is 5.20. The normalized spacial score (nSPS) is 13.0. The number of aryl methyl sites for hydroxylation is 1. The van der Waals surface area contributed by atoms with Crippen molar-refractivity contribution in [2.75, 3.05) is 19.1 Å². The van der Waals surface area contributed by atoms with Crippen molar-refractivity contribution >= 4 is 21.4 Å². The number of nitrogens with zero attached hydrogens (tertiary/aromatic N) is 1. The zero-order valence-electron chi connectivity index (χ0n) is 11.9. The largest absolute Gasteiger partial charge is 0.383 e. The summed E-state index contributed by atoms with van der Waals surface area (Å²) in [4.78, 5) is 10.1. The molecule has 0 amide bonds. The van der Waals surface area contributed by atoms with E-state index in [1.807, 2.05) is 0 Å². The number of hydrogen-bond acceptors (Lipinski definition) is 7. The van der Waals surface area contributed by atoms with Crippen LogP contribution in [0.1, 0.15) is 12.5 Å². The smallest absolute Gasteiger partial charge is 0.295 e. The topological polar surface area (TPSA) is 137 Å². The number of benzene rings is 1. The SMILES string of the molecule is COCC(C)NS(=O)(=O)c1cc([N+](=O)[O-])c(NN)cc1C. The van der Waals surface area contributed by atoms with Crippen LogP contribution in [0.25, 0.3) is 0 Å². The maximum Gasteiger partial charge on any atom is 0.295 e. The number of anilines is 1. The highest BCUT2D eigenvalue weighted by Crippen LogP contribution is 2.29. The van der Waals surface area contributed by atoms with Crippen molar-refractivity contribution in [2.24, 2.45) is 5.84 Å². The maximum atomic E-state index is 12.3. The molecule has 10 heteroatoms. The van der Waals surface area contributed by atoms with E-state index in [9.17, 15) is 18.5 Å². The molecule has 4 N–H and O–H groups in total. The molecule has 0 bridgehead atoms. The van der Waals surface area contributed by atoms with Crippen LogP contribution in [-0.4, -0.2) is 33.1 Å². The number of nitro groups is 1. The second kappa shape index (κ2) is 6.80. The highest BCUT2D eigenvalue weighted by molar-refractivity contribution is 7.89. The molecule has 118 valence electrons. The molecular weight excluding hydrogens is 300 g/mol. The highest BCUT2D eigenvalue weighted by Gasteiger charge is 2.25. The maximum absolute atomic E-state index is 12.3. The second-order valence-corrected chi connectivity index (χ2v) is 6.20. The fraction of sp³-hybridized carbons (Fsp3) is 0.455. The van der Waals surface area contributed by atoms with Crippen LogP contribution in [0.15, 0.2) is 17.0 Å². The summed E-state index contributed by atoms with van der Waals surface area (Å²) in [6.07, 6.45) is 0. The average molecular weight is 318 g/mol. The Hall–Kier alpha value is -1.75. The van der Waals surface area contributed by atoms with Gasteiger partial charge in [-0.05, 0) is 25.5 Å². The molecule has 0 spiro atoms. The molecular formula is C11H18N4O5S. The number of hydrazine groups is 1. The molecule has 1 atom stereocenters. The minimum atomic E-state index is -3.90. The molecule has 21 heavy (non-hydrogen) atoms. The first-order valence-corrected chi connectivity index (χ1v) is 7.48. The molecule has 1 rings (SSSR count). The van der Waals surface area contributed by atoms with Gasteiger partial charge in [0, 0.05) is 19.2 Å². The summed E-state index contributed by atoms with van der Waals surface area (Å²) >= 11 is 0. The van der Waals surface area contributed by atoms with Gasteiger partial charge < -0.3 is 10.2 Å². The Morgan fingerprint density at radius 3 is 2.57 bits per heavy atom. The van der Waals surface area contributed by atoms with Crippen molar-refractivity contribution < 1.29 is 18.1 Å². The van der Waals surface area contributed by atoms with Gasteiger partial charge in [-0.25, -0.2) is 13.1 Å². The van der Waals surface area contributed by atoms with Gasteiger partial charge in [-0.3, -0.25) is 16.0 Å². The fourth-order valence-corrected chi connectivity index (χ4v) is 3.32. The van der Waals surface area contributed by atoms with E-state index in [4.69, 9.17) is 10.6 Å². The first-order valence-electron chi connectivity index (χ1n) is 5.99. The first kappa shape index (κ1) is 17.3. The van der Waals surface area contributed by atoms with E-state index in [1.54, 1.807) is 6.92 Å². The molecule has 0 aromatic heterocycles. The Morgan fingerprint density at radius 2 is 2.10 bits per heavy atom. The quantitative estimate of drug-likeness (QED) is 0.378. The third kappa shape index (κ3) is 4.11. The summed E-state index contributed by atoms with van der Waals surface area (Å²) in [5.41, 5.74) is 2.15. The Labute approximate surface area is 122 Å². The van der Waals surface area contributed by atoms with Crippen LogP contribution < -0.4 is 16.0 Å². The molecule has 1 unspecified atom stereocenters. The second-order valence-electron chi connectivity index (χ2n) is 4.51. The van der Waals surface area contributed by atoms with E-state index in [1.165, 1.54) is 20.1 Å². The summed E-state index contributed by atoms with van der Waals surface area (Å²) in [5, 5.41) is 11.0. The number of nitro benzene ring substituents is 1. The minimum absolute atomic E-state index is 0.0430. The zero-order valence-corrected chi connectivity index (χ0v) is 12.7. The summed E-state index contributed by atoms with van der Waals surface area (Å²) < 4.78 is 31.8. The molecule has 0 heterocycles. The average Bonchev–Trinajstić information content (AvgIpc) is 2.37. The van der Waals surface area contributed by atoms with E-state index >= 15 is 0 Å². The number of methoxy groups -OCH3 is 1. The molecule has 0 saturated carbocycles.